The minimum Gasteiger partial charge on any atom is -0.493 e. The first-order chi connectivity index (χ1) is 15.6. The van der Waals surface area contributed by atoms with Crippen LogP contribution in [0.25, 0.3) is 0 Å². The number of hydrogen-bond donors (Lipinski definition) is 0. The van der Waals surface area contributed by atoms with Crippen molar-refractivity contribution in [2.75, 3.05) is 19.1 Å². The predicted octanol–water partition coefficient (Wildman–Crippen LogP) is 6.11. The molecule has 164 valence electrons. The van der Waals surface area contributed by atoms with Crippen LogP contribution in [0.15, 0.2) is 72.8 Å². The molecular weight excluding hydrogens is 396 g/mol. The van der Waals surface area contributed by atoms with E-state index in [4.69, 9.17) is 9.47 Å². The monoisotopic (exact) mass is 426 g/mol. The fraction of sp³-hybridized carbons (Fsp3) is 0.321. The summed E-state index contributed by atoms with van der Waals surface area (Å²) in [6.07, 6.45) is 3.25. The van der Waals surface area contributed by atoms with E-state index in [9.17, 15) is 5.26 Å². The lowest BCUT2D eigenvalue weighted by Gasteiger charge is -2.48. The Morgan fingerprint density at radius 2 is 1.69 bits per heavy atom. The molecule has 0 bridgehead atoms. The van der Waals surface area contributed by atoms with E-state index in [1.165, 1.54) is 16.8 Å². The molecule has 3 aromatic carbocycles. The summed E-state index contributed by atoms with van der Waals surface area (Å²) in [6.45, 7) is 2.21. The van der Waals surface area contributed by atoms with E-state index in [-0.39, 0.29) is 6.04 Å². The number of fused-ring (bicyclic) bond motifs is 1. The maximum atomic E-state index is 10.6. The second-order valence-corrected chi connectivity index (χ2v) is 8.42. The van der Waals surface area contributed by atoms with Gasteiger partial charge in [0.05, 0.1) is 26.3 Å². The molecule has 4 nitrogen and oxygen atoms in total. The van der Waals surface area contributed by atoms with Gasteiger partial charge < -0.3 is 14.4 Å². The average Bonchev–Trinajstić information content (AvgIpc) is 2.87. The molecule has 4 rings (SSSR count). The normalized spacial score (nSPS) is 18.4. The molecule has 1 aliphatic rings. The van der Waals surface area contributed by atoms with E-state index in [0.717, 1.165) is 42.7 Å². The molecule has 0 fully saturated rings. The van der Waals surface area contributed by atoms with Crippen LogP contribution >= 0.6 is 0 Å². The lowest BCUT2D eigenvalue weighted by atomic mass is 9.79. The van der Waals surface area contributed by atoms with Gasteiger partial charge in [-0.05, 0) is 67.5 Å². The van der Waals surface area contributed by atoms with Crippen molar-refractivity contribution < 1.29 is 9.47 Å². The van der Waals surface area contributed by atoms with Gasteiger partial charge in [-0.2, -0.15) is 5.26 Å². The number of nitriles is 1. The van der Waals surface area contributed by atoms with Crippen LogP contribution in [0.2, 0.25) is 0 Å². The number of benzene rings is 3. The van der Waals surface area contributed by atoms with Crippen LogP contribution in [-0.2, 0) is 12.8 Å². The molecule has 0 N–H and O–H groups in total. The first-order valence-electron chi connectivity index (χ1n) is 11.2. The van der Waals surface area contributed by atoms with E-state index in [1.807, 2.05) is 18.2 Å². The van der Waals surface area contributed by atoms with Crippen LogP contribution in [0.1, 0.15) is 42.5 Å². The fourth-order valence-corrected chi connectivity index (χ4v) is 4.91. The summed E-state index contributed by atoms with van der Waals surface area (Å²) >= 11 is 0. The van der Waals surface area contributed by atoms with Crippen LogP contribution < -0.4 is 14.4 Å². The first-order valence-corrected chi connectivity index (χ1v) is 11.2. The highest BCUT2D eigenvalue weighted by molar-refractivity contribution is 5.61. The van der Waals surface area contributed by atoms with Gasteiger partial charge in [0.1, 0.15) is 5.54 Å². The van der Waals surface area contributed by atoms with Crippen molar-refractivity contribution in [1.29, 1.82) is 5.26 Å². The molecule has 0 saturated heterocycles. The molecule has 1 aliphatic heterocycles. The van der Waals surface area contributed by atoms with Crippen LogP contribution in [0.3, 0.4) is 0 Å². The van der Waals surface area contributed by atoms with E-state index in [2.05, 4.69) is 72.5 Å². The first kappa shape index (κ1) is 21.8. The Morgan fingerprint density at radius 3 is 2.41 bits per heavy atom. The topological polar surface area (TPSA) is 45.5 Å². The molecule has 0 amide bonds. The second-order valence-electron chi connectivity index (χ2n) is 8.42. The summed E-state index contributed by atoms with van der Waals surface area (Å²) in [6, 6.07) is 27.9. The van der Waals surface area contributed by atoms with Gasteiger partial charge in [-0.3, -0.25) is 0 Å². The standard InChI is InChI=1S/C28H30N2O2/c1-21(23-9-5-4-6-10-23)30-25-12-8-7-11-24(25)16-18-28(30,20-29)17-15-22-13-14-26(31-2)27(19-22)32-3/h4-14,19,21H,15-18H2,1-3H3/t21-,28+/m1/s1. The smallest absolute Gasteiger partial charge is 0.160 e. The number of nitrogens with zero attached hydrogens (tertiary/aromatic N) is 2. The Balaban J connectivity index is 1.70. The van der Waals surface area contributed by atoms with E-state index in [1.54, 1.807) is 14.2 Å². The fourth-order valence-electron chi connectivity index (χ4n) is 4.91. The van der Waals surface area contributed by atoms with Gasteiger partial charge in [0.2, 0.25) is 0 Å². The largest absolute Gasteiger partial charge is 0.493 e. The minimum absolute atomic E-state index is 0.0858. The zero-order chi connectivity index (χ0) is 22.6. The molecule has 0 saturated carbocycles. The Bertz CT molecular complexity index is 1110. The highest BCUT2D eigenvalue weighted by Crippen LogP contribution is 2.44. The number of ether oxygens (including phenoxy) is 2. The Hall–Kier alpha value is -3.45. The molecule has 3 aromatic rings. The Labute approximate surface area is 191 Å². The van der Waals surface area contributed by atoms with Crippen molar-refractivity contribution in [2.45, 2.75) is 44.2 Å². The van der Waals surface area contributed by atoms with Crippen molar-refractivity contribution in [3.8, 4) is 17.6 Å². The highest BCUT2D eigenvalue weighted by atomic mass is 16.5. The molecule has 0 spiro atoms. The van der Waals surface area contributed by atoms with Crippen LogP contribution in [0.5, 0.6) is 11.5 Å². The lowest BCUT2D eigenvalue weighted by Crippen LogP contribution is -2.52. The maximum Gasteiger partial charge on any atom is 0.160 e. The third-order valence-electron chi connectivity index (χ3n) is 6.67. The molecular formula is C28H30N2O2. The molecule has 0 unspecified atom stereocenters. The molecule has 32 heavy (non-hydrogen) atoms. The number of anilines is 1. The van der Waals surface area contributed by atoms with Gasteiger partial charge in [-0.1, -0.05) is 54.6 Å². The zero-order valence-corrected chi connectivity index (χ0v) is 19.0. The Kier molecular flexibility index (Phi) is 6.37. The van der Waals surface area contributed by atoms with E-state index >= 15 is 0 Å². The lowest BCUT2D eigenvalue weighted by molar-refractivity contribution is 0.353. The maximum absolute atomic E-state index is 10.6. The summed E-state index contributed by atoms with van der Waals surface area (Å²) in [5, 5.41) is 10.6. The van der Waals surface area contributed by atoms with Crippen LogP contribution in [0.4, 0.5) is 5.69 Å². The quantitative estimate of drug-likeness (QED) is 0.457. The van der Waals surface area contributed by atoms with Crippen molar-refractivity contribution >= 4 is 5.69 Å². The van der Waals surface area contributed by atoms with Gasteiger partial charge in [0, 0.05) is 5.69 Å². The number of rotatable bonds is 7. The SMILES string of the molecule is COc1ccc(CC[C@@]2(C#N)CCc3ccccc3N2[C@H](C)c2ccccc2)cc1OC. The minimum atomic E-state index is -0.587. The predicted molar refractivity (Wildman–Crippen MR) is 128 cm³/mol. The zero-order valence-electron chi connectivity index (χ0n) is 19.0. The van der Waals surface area contributed by atoms with Crippen molar-refractivity contribution in [1.82, 2.24) is 0 Å². The van der Waals surface area contributed by atoms with Crippen molar-refractivity contribution in [2.24, 2.45) is 0 Å². The van der Waals surface area contributed by atoms with E-state index in [0.29, 0.717) is 0 Å². The van der Waals surface area contributed by atoms with Crippen LogP contribution in [-0.4, -0.2) is 19.8 Å². The molecule has 0 radical (unpaired) electrons. The molecule has 2 atom stereocenters. The molecule has 0 aromatic heterocycles. The summed E-state index contributed by atoms with van der Waals surface area (Å²) in [7, 11) is 3.30. The number of hydrogen-bond acceptors (Lipinski definition) is 4. The molecule has 0 aliphatic carbocycles. The summed E-state index contributed by atoms with van der Waals surface area (Å²) in [5.41, 5.74) is 4.26. The third-order valence-corrected chi connectivity index (χ3v) is 6.67. The van der Waals surface area contributed by atoms with Crippen molar-refractivity contribution in [3.63, 3.8) is 0 Å². The average molecular weight is 427 g/mol. The van der Waals surface area contributed by atoms with Crippen LogP contribution in [0, 0.1) is 11.3 Å². The summed E-state index contributed by atoms with van der Waals surface area (Å²) in [4.78, 5) is 2.36. The van der Waals surface area contributed by atoms with Gasteiger partial charge in [-0.25, -0.2) is 0 Å². The van der Waals surface area contributed by atoms with E-state index < -0.39 is 5.54 Å². The molecule has 4 heteroatoms. The molecule has 1 heterocycles. The second kappa shape index (κ2) is 9.36. The highest BCUT2D eigenvalue weighted by Gasteiger charge is 2.43. The summed E-state index contributed by atoms with van der Waals surface area (Å²) < 4.78 is 10.9. The third kappa shape index (κ3) is 4.03. The number of aryl methyl sites for hydroxylation is 2. The van der Waals surface area contributed by atoms with Gasteiger partial charge in [0.25, 0.3) is 0 Å². The number of methoxy groups -OCH3 is 2. The van der Waals surface area contributed by atoms with Gasteiger partial charge in [0.15, 0.2) is 11.5 Å². The van der Waals surface area contributed by atoms with Crippen molar-refractivity contribution in [3.05, 3.63) is 89.5 Å². The number of para-hydroxylation sites is 1. The van der Waals surface area contributed by atoms with Gasteiger partial charge in [-0.15, -0.1) is 0 Å². The van der Waals surface area contributed by atoms with Gasteiger partial charge >= 0.3 is 0 Å². The Morgan fingerprint density at radius 1 is 0.969 bits per heavy atom. The summed E-state index contributed by atoms with van der Waals surface area (Å²) in [5.74, 6) is 1.44.